The summed E-state index contributed by atoms with van der Waals surface area (Å²) in [7, 11) is 0. The lowest BCUT2D eigenvalue weighted by Crippen LogP contribution is -2.33. The molecule has 1 aliphatic rings. The highest BCUT2D eigenvalue weighted by molar-refractivity contribution is 7.99. The molecule has 0 N–H and O–H groups in total. The number of carbonyl (C=O) groups is 1. The zero-order chi connectivity index (χ0) is 17.1. The van der Waals surface area contributed by atoms with Crippen LogP contribution in [0.2, 0.25) is 0 Å². The molecule has 2 aromatic rings. The average molecular weight is 349 g/mol. The van der Waals surface area contributed by atoms with Gasteiger partial charge in [0.15, 0.2) is 0 Å². The number of amides is 1. The number of nitrogens with zero attached hydrogens (tertiary/aromatic N) is 5. The first kappa shape index (κ1) is 17.0. The van der Waals surface area contributed by atoms with Crippen LogP contribution in [0.1, 0.15) is 38.2 Å². The van der Waals surface area contributed by atoms with Crippen LogP contribution in [0, 0.1) is 12.8 Å². The van der Waals surface area contributed by atoms with Gasteiger partial charge in [-0.05, 0) is 48.2 Å². The van der Waals surface area contributed by atoms with Crippen LogP contribution in [-0.4, -0.2) is 42.8 Å². The van der Waals surface area contributed by atoms with E-state index in [1.54, 1.807) is 4.68 Å². The van der Waals surface area contributed by atoms with Gasteiger partial charge in [-0.25, -0.2) is 4.68 Å². The molecule has 0 spiro atoms. The van der Waals surface area contributed by atoms with E-state index in [1.165, 1.54) is 11.8 Å². The van der Waals surface area contributed by atoms with Gasteiger partial charge in [0.1, 0.15) is 11.5 Å². The fraction of sp³-hybridized carbons (Fsp3) is 0.625. The van der Waals surface area contributed by atoms with Crippen molar-refractivity contribution in [3.05, 3.63) is 23.7 Å². The number of tetrazole rings is 1. The SMILES string of the molecule is Cc1ccc(CN(C(=O)CSc2nnnn2CC(C)C)C2CC2)o1. The van der Waals surface area contributed by atoms with Crippen LogP contribution in [-0.2, 0) is 17.9 Å². The summed E-state index contributed by atoms with van der Waals surface area (Å²) in [6, 6.07) is 4.21. The van der Waals surface area contributed by atoms with Crippen LogP contribution in [0.4, 0.5) is 0 Å². The molecular weight excluding hydrogens is 326 g/mol. The highest BCUT2D eigenvalue weighted by Crippen LogP contribution is 2.30. The van der Waals surface area contributed by atoms with Gasteiger partial charge in [0.2, 0.25) is 11.1 Å². The first-order valence-electron chi connectivity index (χ1n) is 8.26. The minimum Gasteiger partial charge on any atom is -0.464 e. The van der Waals surface area contributed by atoms with E-state index in [0.29, 0.717) is 29.4 Å². The summed E-state index contributed by atoms with van der Waals surface area (Å²) in [5.74, 6) is 2.61. The summed E-state index contributed by atoms with van der Waals surface area (Å²) in [6.45, 7) is 7.43. The molecule has 130 valence electrons. The molecule has 0 radical (unpaired) electrons. The topological polar surface area (TPSA) is 77.1 Å². The molecule has 2 heterocycles. The van der Waals surface area contributed by atoms with Crippen LogP contribution in [0.15, 0.2) is 21.7 Å². The molecule has 2 aromatic heterocycles. The van der Waals surface area contributed by atoms with Gasteiger partial charge in [-0.2, -0.15) is 0 Å². The molecule has 0 atom stereocenters. The van der Waals surface area contributed by atoms with Crippen molar-refractivity contribution >= 4 is 17.7 Å². The summed E-state index contributed by atoms with van der Waals surface area (Å²) in [5, 5.41) is 12.4. The van der Waals surface area contributed by atoms with Gasteiger partial charge in [0.25, 0.3) is 0 Å². The fourth-order valence-corrected chi connectivity index (χ4v) is 3.29. The molecule has 0 aliphatic heterocycles. The van der Waals surface area contributed by atoms with E-state index in [2.05, 4.69) is 29.4 Å². The summed E-state index contributed by atoms with van der Waals surface area (Å²) < 4.78 is 7.38. The summed E-state index contributed by atoms with van der Waals surface area (Å²) in [5.41, 5.74) is 0. The van der Waals surface area contributed by atoms with Crippen molar-refractivity contribution < 1.29 is 9.21 Å². The van der Waals surface area contributed by atoms with Crippen molar-refractivity contribution in [2.45, 2.75) is 57.9 Å². The van der Waals surface area contributed by atoms with Crippen molar-refractivity contribution in [2.75, 3.05) is 5.75 Å². The number of aromatic nitrogens is 4. The van der Waals surface area contributed by atoms with Crippen molar-refractivity contribution in [2.24, 2.45) is 5.92 Å². The minimum atomic E-state index is 0.107. The number of thioether (sulfide) groups is 1. The smallest absolute Gasteiger partial charge is 0.233 e. The first-order chi connectivity index (χ1) is 11.5. The van der Waals surface area contributed by atoms with Gasteiger partial charge in [0, 0.05) is 12.6 Å². The summed E-state index contributed by atoms with van der Waals surface area (Å²) >= 11 is 1.40. The Labute approximate surface area is 145 Å². The van der Waals surface area contributed by atoms with Gasteiger partial charge >= 0.3 is 0 Å². The maximum Gasteiger partial charge on any atom is 0.233 e. The Kier molecular flexibility index (Phi) is 5.23. The maximum atomic E-state index is 12.7. The standard InChI is InChI=1S/C16H23N5O2S/c1-11(2)8-21-16(17-18-19-21)24-10-15(22)20(13-5-6-13)9-14-7-4-12(3)23-14/h4,7,11,13H,5-6,8-10H2,1-3H3. The van der Waals surface area contributed by atoms with Gasteiger partial charge < -0.3 is 9.32 Å². The Hall–Kier alpha value is -1.83. The third kappa shape index (κ3) is 4.37. The van der Waals surface area contributed by atoms with Crippen LogP contribution in [0.25, 0.3) is 0 Å². The second kappa shape index (κ2) is 7.38. The number of hydrogen-bond donors (Lipinski definition) is 0. The number of aryl methyl sites for hydroxylation is 1. The van der Waals surface area contributed by atoms with E-state index in [0.717, 1.165) is 30.9 Å². The molecule has 8 heteroatoms. The molecule has 0 saturated heterocycles. The van der Waals surface area contributed by atoms with Crippen LogP contribution in [0.5, 0.6) is 0 Å². The van der Waals surface area contributed by atoms with E-state index in [9.17, 15) is 4.79 Å². The molecule has 1 aliphatic carbocycles. The largest absolute Gasteiger partial charge is 0.464 e. The van der Waals surface area contributed by atoms with E-state index in [4.69, 9.17) is 4.42 Å². The van der Waals surface area contributed by atoms with Crippen LogP contribution in [0.3, 0.4) is 0 Å². The van der Waals surface area contributed by atoms with Crippen LogP contribution >= 0.6 is 11.8 Å². The second-order valence-electron chi connectivity index (χ2n) is 6.59. The molecule has 0 bridgehead atoms. The number of carbonyl (C=O) groups excluding carboxylic acids is 1. The summed E-state index contributed by atoms with van der Waals surface area (Å²) in [6.07, 6.45) is 2.14. The van der Waals surface area contributed by atoms with Gasteiger partial charge in [0.05, 0.1) is 12.3 Å². The molecule has 0 unspecified atom stereocenters. The third-order valence-electron chi connectivity index (χ3n) is 3.79. The lowest BCUT2D eigenvalue weighted by Gasteiger charge is -2.21. The quantitative estimate of drug-likeness (QED) is 0.682. The Balaban J connectivity index is 1.59. The van der Waals surface area contributed by atoms with E-state index < -0.39 is 0 Å². The Morgan fingerprint density at radius 2 is 2.25 bits per heavy atom. The van der Waals surface area contributed by atoms with Crippen molar-refractivity contribution in [3.63, 3.8) is 0 Å². The third-order valence-corrected chi connectivity index (χ3v) is 4.73. The fourth-order valence-electron chi connectivity index (χ4n) is 2.51. The Morgan fingerprint density at radius 3 is 2.88 bits per heavy atom. The molecule has 1 amide bonds. The second-order valence-corrected chi connectivity index (χ2v) is 7.53. The first-order valence-corrected chi connectivity index (χ1v) is 9.25. The molecule has 3 rings (SSSR count). The van der Waals surface area contributed by atoms with Crippen molar-refractivity contribution in [3.8, 4) is 0 Å². The lowest BCUT2D eigenvalue weighted by molar-refractivity contribution is -0.129. The van der Waals surface area contributed by atoms with Gasteiger partial charge in [-0.15, -0.1) is 5.10 Å². The molecular formula is C16H23N5O2S. The average Bonchev–Trinajstić information content (AvgIpc) is 3.15. The molecule has 1 fully saturated rings. The normalized spacial score (nSPS) is 14.3. The van der Waals surface area contributed by atoms with Gasteiger partial charge in [-0.3, -0.25) is 4.79 Å². The Bertz CT molecular complexity index is 692. The van der Waals surface area contributed by atoms with E-state index in [-0.39, 0.29) is 5.91 Å². The minimum absolute atomic E-state index is 0.107. The number of rotatable bonds is 8. The molecule has 24 heavy (non-hydrogen) atoms. The van der Waals surface area contributed by atoms with Crippen molar-refractivity contribution in [1.29, 1.82) is 0 Å². The predicted molar refractivity (Wildman–Crippen MR) is 90.4 cm³/mol. The summed E-state index contributed by atoms with van der Waals surface area (Å²) in [4.78, 5) is 14.6. The molecule has 7 nitrogen and oxygen atoms in total. The zero-order valence-corrected chi connectivity index (χ0v) is 15.1. The van der Waals surface area contributed by atoms with Gasteiger partial charge in [-0.1, -0.05) is 25.6 Å². The highest BCUT2D eigenvalue weighted by Gasteiger charge is 2.33. The van der Waals surface area contributed by atoms with Crippen LogP contribution < -0.4 is 0 Å². The van der Waals surface area contributed by atoms with E-state index >= 15 is 0 Å². The number of furan rings is 1. The predicted octanol–water partition coefficient (Wildman–Crippen LogP) is 2.51. The monoisotopic (exact) mass is 349 g/mol. The molecule has 0 aromatic carbocycles. The molecule has 1 saturated carbocycles. The maximum absolute atomic E-state index is 12.7. The van der Waals surface area contributed by atoms with E-state index in [1.807, 2.05) is 24.0 Å². The number of hydrogen-bond acceptors (Lipinski definition) is 6. The highest BCUT2D eigenvalue weighted by atomic mass is 32.2. The lowest BCUT2D eigenvalue weighted by atomic mass is 10.2. The Morgan fingerprint density at radius 1 is 1.46 bits per heavy atom. The zero-order valence-electron chi connectivity index (χ0n) is 14.3. The van der Waals surface area contributed by atoms with Crippen molar-refractivity contribution in [1.82, 2.24) is 25.1 Å².